The molecule has 1 fully saturated rings. The molecule has 1 aromatic carbocycles. The van der Waals surface area contributed by atoms with Crippen LogP contribution in [0.2, 0.25) is 0 Å². The van der Waals surface area contributed by atoms with Gasteiger partial charge in [0.05, 0.1) is 5.69 Å². The summed E-state index contributed by atoms with van der Waals surface area (Å²) in [5.74, 6) is 1.06. The number of amides is 1. The van der Waals surface area contributed by atoms with Crippen LogP contribution in [0.25, 0.3) is 4.83 Å². The summed E-state index contributed by atoms with van der Waals surface area (Å²) in [5.41, 5.74) is 3.84. The van der Waals surface area contributed by atoms with Crippen LogP contribution in [0.15, 0.2) is 42.6 Å². The van der Waals surface area contributed by atoms with Crippen LogP contribution in [-0.2, 0) is 0 Å². The van der Waals surface area contributed by atoms with Gasteiger partial charge in [-0.2, -0.15) is 5.10 Å². The van der Waals surface area contributed by atoms with Crippen LogP contribution in [-0.4, -0.2) is 43.5 Å². The minimum atomic E-state index is 0.00817. The first kappa shape index (κ1) is 18.9. The molecule has 3 aromatic heterocycles. The summed E-state index contributed by atoms with van der Waals surface area (Å²) in [7, 11) is 0. The van der Waals surface area contributed by atoms with Crippen molar-refractivity contribution in [1.82, 2.24) is 24.5 Å². The fourth-order valence-electron chi connectivity index (χ4n) is 4.14. The molecule has 8 heteroatoms. The molecule has 0 saturated carbocycles. The highest BCUT2D eigenvalue weighted by Crippen LogP contribution is 2.37. The second-order valence-electron chi connectivity index (χ2n) is 7.76. The highest BCUT2D eigenvalue weighted by molar-refractivity contribution is 7.17. The first-order valence-electron chi connectivity index (χ1n) is 10.2. The smallest absolute Gasteiger partial charge is 0.271 e. The minimum absolute atomic E-state index is 0.00817. The van der Waals surface area contributed by atoms with E-state index in [0.717, 1.165) is 36.7 Å². The van der Waals surface area contributed by atoms with Crippen molar-refractivity contribution < 1.29 is 4.79 Å². The maximum atomic E-state index is 12.8. The number of fused-ring (bicyclic) bond motifs is 1. The maximum absolute atomic E-state index is 12.8. The van der Waals surface area contributed by atoms with Gasteiger partial charge in [-0.15, -0.1) is 11.3 Å². The fraction of sp³-hybridized carbons (Fsp3) is 0.318. The van der Waals surface area contributed by atoms with Gasteiger partial charge in [0, 0.05) is 41.5 Å². The number of carbonyl (C=O) groups excluding carboxylic acids is 1. The summed E-state index contributed by atoms with van der Waals surface area (Å²) in [5, 5.41) is 10.2. The number of benzene rings is 1. The number of aromatic amines is 1. The predicted octanol–water partition coefficient (Wildman–Crippen LogP) is 4.50. The number of piperidine rings is 1. The Morgan fingerprint density at radius 1 is 1.23 bits per heavy atom. The Morgan fingerprint density at radius 2 is 2.07 bits per heavy atom. The number of carbonyl (C=O) groups is 1. The summed E-state index contributed by atoms with van der Waals surface area (Å²) < 4.78 is 2.22. The van der Waals surface area contributed by atoms with Crippen LogP contribution in [0.3, 0.4) is 0 Å². The van der Waals surface area contributed by atoms with Crippen molar-refractivity contribution in [3.8, 4) is 0 Å². The summed E-state index contributed by atoms with van der Waals surface area (Å²) in [6.07, 6.45) is 3.61. The van der Waals surface area contributed by atoms with Gasteiger partial charge in [-0.1, -0.05) is 18.2 Å². The lowest BCUT2D eigenvalue weighted by Gasteiger charge is -2.31. The molecule has 7 nitrogen and oxygen atoms in total. The first-order valence-corrected chi connectivity index (χ1v) is 11.0. The van der Waals surface area contributed by atoms with E-state index >= 15 is 0 Å². The molecule has 1 aliphatic heterocycles. The molecule has 0 aliphatic carbocycles. The van der Waals surface area contributed by atoms with Gasteiger partial charge < -0.3 is 10.2 Å². The van der Waals surface area contributed by atoms with Crippen molar-refractivity contribution in [3.63, 3.8) is 0 Å². The average Bonchev–Trinajstić information content (AvgIpc) is 3.48. The SMILES string of the molecule is Cc1sc2c([C@H]3CCCN(C(=O)c4ccn[nH]4)C3)nc(Nc3ccccc3)n2c1C. The van der Waals surface area contributed by atoms with Crippen molar-refractivity contribution in [2.75, 3.05) is 18.4 Å². The van der Waals surface area contributed by atoms with Crippen molar-refractivity contribution in [2.24, 2.45) is 0 Å². The number of aryl methyl sites for hydroxylation is 2. The number of anilines is 2. The van der Waals surface area contributed by atoms with Crippen LogP contribution >= 0.6 is 11.3 Å². The third-order valence-corrected chi connectivity index (χ3v) is 7.00. The van der Waals surface area contributed by atoms with Crippen LogP contribution < -0.4 is 5.32 Å². The summed E-state index contributed by atoms with van der Waals surface area (Å²) in [6, 6.07) is 11.8. The van der Waals surface area contributed by atoms with E-state index in [9.17, 15) is 4.79 Å². The minimum Gasteiger partial charge on any atom is -0.337 e. The molecular formula is C22H24N6OS. The Balaban J connectivity index is 1.49. The Labute approximate surface area is 178 Å². The molecule has 1 atom stereocenters. The molecule has 4 heterocycles. The van der Waals surface area contributed by atoms with Gasteiger partial charge in [0.1, 0.15) is 10.5 Å². The van der Waals surface area contributed by atoms with E-state index in [1.807, 2.05) is 35.2 Å². The third-order valence-electron chi connectivity index (χ3n) is 5.81. The van der Waals surface area contributed by atoms with E-state index in [4.69, 9.17) is 4.98 Å². The third kappa shape index (κ3) is 3.27. The monoisotopic (exact) mass is 420 g/mol. The van der Waals surface area contributed by atoms with E-state index in [1.54, 1.807) is 23.6 Å². The average molecular weight is 421 g/mol. The van der Waals surface area contributed by atoms with Gasteiger partial charge in [0.25, 0.3) is 5.91 Å². The Morgan fingerprint density at radius 3 is 2.83 bits per heavy atom. The Hall–Kier alpha value is -3.13. The molecule has 2 N–H and O–H groups in total. The maximum Gasteiger partial charge on any atom is 0.271 e. The molecule has 5 rings (SSSR count). The van der Waals surface area contributed by atoms with Crippen molar-refractivity contribution in [1.29, 1.82) is 0 Å². The van der Waals surface area contributed by atoms with E-state index in [1.165, 1.54) is 15.4 Å². The molecule has 0 bridgehead atoms. The molecule has 30 heavy (non-hydrogen) atoms. The topological polar surface area (TPSA) is 78.3 Å². The van der Waals surface area contributed by atoms with Gasteiger partial charge in [0.15, 0.2) is 0 Å². The van der Waals surface area contributed by atoms with E-state index in [2.05, 4.69) is 33.8 Å². The number of likely N-dealkylation sites (tertiary alicyclic amines) is 1. The van der Waals surface area contributed by atoms with Crippen molar-refractivity contribution >= 4 is 33.7 Å². The number of rotatable bonds is 4. The van der Waals surface area contributed by atoms with Crippen LogP contribution in [0.1, 0.15) is 45.5 Å². The first-order chi connectivity index (χ1) is 14.6. The molecule has 0 radical (unpaired) electrons. The standard InChI is InChI=1S/C22H24N6OS/c1-14-15(2)30-21-19(25-22(28(14)21)24-17-8-4-3-5-9-17)16-7-6-12-27(13-16)20(29)18-10-11-23-26-18/h3-5,8-11,16H,6-7,12-13H2,1-2H3,(H,23,26)(H,24,25)/t16-/m0/s1. The second kappa shape index (κ2) is 7.60. The number of hydrogen-bond acceptors (Lipinski definition) is 5. The van der Waals surface area contributed by atoms with E-state index < -0.39 is 0 Å². The fourth-order valence-corrected chi connectivity index (χ4v) is 5.30. The van der Waals surface area contributed by atoms with E-state index in [0.29, 0.717) is 12.2 Å². The highest BCUT2D eigenvalue weighted by atomic mass is 32.1. The summed E-state index contributed by atoms with van der Waals surface area (Å²) in [6.45, 7) is 5.72. The number of thiazole rings is 1. The van der Waals surface area contributed by atoms with Gasteiger partial charge in [-0.3, -0.25) is 14.3 Å². The Bertz CT molecular complexity index is 1180. The number of H-pyrrole nitrogens is 1. The zero-order valence-electron chi connectivity index (χ0n) is 17.1. The zero-order valence-corrected chi connectivity index (χ0v) is 17.9. The lowest BCUT2D eigenvalue weighted by molar-refractivity contribution is 0.0700. The van der Waals surface area contributed by atoms with Crippen molar-refractivity contribution in [3.05, 3.63) is 64.6 Å². The molecule has 4 aromatic rings. The number of nitrogens with zero attached hydrogens (tertiary/aromatic N) is 4. The number of nitrogens with one attached hydrogen (secondary N) is 2. The predicted molar refractivity (Wildman–Crippen MR) is 119 cm³/mol. The molecule has 154 valence electrons. The zero-order chi connectivity index (χ0) is 20.7. The molecule has 1 aliphatic rings. The van der Waals surface area contributed by atoms with Gasteiger partial charge in [-0.25, -0.2) is 4.98 Å². The molecule has 0 unspecified atom stereocenters. The van der Waals surface area contributed by atoms with Crippen LogP contribution in [0.4, 0.5) is 11.6 Å². The number of imidazole rings is 1. The van der Waals surface area contributed by atoms with Crippen LogP contribution in [0, 0.1) is 13.8 Å². The van der Waals surface area contributed by atoms with Crippen molar-refractivity contribution in [2.45, 2.75) is 32.6 Å². The summed E-state index contributed by atoms with van der Waals surface area (Å²) >= 11 is 1.78. The molecular weight excluding hydrogens is 396 g/mol. The molecule has 1 amide bonds. The van der Waals surface area contributed by atoms with Gasteiger partial charge >= 0.3 is 0 Å². The van der Waals surface area contributed by atoms with Gasteiger partial charge in [-0.05, 0) is 44.9 Å². The quantitative estimate of drug-likeness (QED) is 0.510. The lowest BCUT2D eigenvalue weighted by Crippen LogP contribution is -2.39. The van der Waals surface area contributed by atoms with E-state index in [-0.39, 0.29) is 11.8 Å². The number of hydrogen-bond donors (Lipinski definition) is 2. The largest absolute Gasteiger partial charge is 0.337 e. The van der Waals surface area contributed by atoms with Gasteiger partial charge in [0.2, 0.25) is 5.95 Å². The number of para-hydroxylation sites is 1. The molecule has 0 spiro atoms. The summed E-state index contributed by atoms with van der Waals surface area (Å²) in [4.78, 5) is 22.2. The lowest BCUT2D eigenvalue weighted by atomic mass is 9.95. The second-order valence-corrected chi connectivity index (χ2v) is 8.96. The number of aromatic nitrogens is 4. The Kier molecular flexibility index (Phi) is 4.78. The van der Waals surface area contributed by atoms with Crippen LogP contribution in [0.5, 0.6) is 0 Å². The molecule has 1 saturated heterocycles. The highest BCUT2D eigenvalue weighted by Gasteiger charge is 2.30. The normalized spacial score (nSPS) is 16.9.